The second-order valence-corrected chi connectivity index (χ2v) is 6.80. The quantitative estimate of drug-likeness (QED) is 0.670. The first-order valence-electron chi connectivity index (χ1n) is 8.94. The summed E-state index contributed by atoms with van der Waals surface area (Å²) in [4.78, 5) is 23.0. The van der Waals surface area contributed by atoms with E-state index in [0.717, 1.165) is 33.8 Å². The molecule has 0 radical (unpaired) electrons. The highest BCUT2D eigenvalue weighted by molar-refractivity contribution is 5.76. The van der Waals surface area contributed by atoms with Crippen molar-refractivity contribution in [1.82, 2.24) is 24.5 Å². The van der Waals surface area contributed by atoms with Crippen molar-refractivity contribution in [3.8, 4) is 5.75 Å². The Bertz CT molecular complexity index is 980. The second kappa shape index (κ2) is 7.73. The topological polar surface area (TPSA) is 72.6 Å². The van der Waals surface area contributed by atoms with Gasteiger partial charge in [-0.1, -0.05) is 17.7 Å². The molecule has 1 amide bonds. The molecule has 0 atom stereocenters. The van der Waals surface area contributed by atoms with Crippen LogP contribution in [-0.4, -0.2) is 44.5 Å². The molecule has 0 N–H and O–H groups in total. The number of aryl methyl sites for hydroxylation is 3. The van der Waals surface area contributed by atoms with Crippen LogP contribution >= 0.6 is 0 Å². The summed E-state index contributed by atoms with van der Waals surface area (Å²) in [5, 5.41) is 4.20. The van der Waals surface area contributed by atoms with Crippen LogP contribution in [0.5, 0.6) is 5.75 Å². The smallest absolute Gasteiger partial charge is 0.252 e. The third-order valence-corrected chi connectivity index (χ3v) is 4.85. The highest BCUT2D eigenvalue weighted by atomic mass is 16.5. The molecule has 142 valence electrons. The minimum atomic E-state index is 0.0797. The van der Waals surface area contributed by atoms with Crippen LogP contribution in [0.2, 0.25) is 0 Å². The molecular formula is C20H25N5O2. The number of carbonyl (C=O) groups is 1. The van der Waals surface area contributed by atoms with Crippen LogP contribution < -0.4 is 4.74 Å². The maximum atomic E-state index is 12.7. The maximum Gasteiger partial charge on any atom is 0.252 e. The maximum absolute atomic E-state index is 12.7. The summed E-state index contributed by atoms with van der Waals surface area (Å²) < 4.78 is 7.13. The molecule has 3 rings (SSSR count). The predicted octanol–water partition coefficient (Wildman–Crippen LogP) is 2.65. The van der Waals surface area contributed by atoms with E-state index in [1.807, 2.05) is 40.0 Å². The van der Waals surface area contributed by atoms with Crippen LogP contribution in [0.4, 0.5) is 0 Å². The summed E-state index contributed by atoms with van der Waals surface area (Å²) >= 11 is 0. The standard InChI is InChI=1S/C20H25N5O2/c1-13-6-8-18(27-5)16(10-13)11-24(4)19(26)9-7-17-14(2)23-20-21-12-22-25(20)15(17)3/h6,8,10,12H,7,9,11H2,1-5H3. The lowest BCUT2D eigenvalue weighted by Crippen LogP contribution is -2.27. The number of amides is 1. The first-order valence-corrected chi connectivity index (χ1v) is 8.94. The van der Waals surface area contributed by atoms with Gasteiger partial charge < -0.3 is 9.64 Å². The summed E-state index contributed by atoms with van der Waals surface area (Å²) in [5.41, 5.74) is 5.06. The van der Waals surface area contributed by atoms with E-state index in [9.17, 15) is 4.79 Å². The van der Waals surface area contributed by atoms with Gasteiger partial charge in [0.25, 0.3) is 5.78 Å². The average molecular weight is 367 g/mol. The van der Waals surface area contributed by atoms with Crippen LogP contribution in [0.1, 0.15) is 34.5 Å². The number of fused-ring (bicyclic) bond motifs is 1. The SMILES string of the molecule is COc1ccc(C)cc1CN(C)C(=O)CCc1c(C)nc2ncnn2c1C. The molecule has 0 aliphatic carbocycles. The number of carbonyl (C=O) groups excluding carboxylic acids is 1. The van der Waals surface area contributed by atoms with Gasteiger partial charge in [-0.05, 0) is 38.8 Å². The van der Waals surface area contributed by atoms with Gasteiger partial charge >= 0.3 is 0 Å². The Kier molecular flexibility index (Phi) is 5.39. The van der Waals surface area contributed by atoms with E-state index in [1.54, 1.807) is 16.5 Å². The number of hydrogen-bond acceptors (Lipinski definition) is 5. The lowest BCUT2D eigenvalue weighted by Gasteiger charge is -2.20. The molecule has 2 aromatic heterocycles. The predicted molar refractivity (Wildman–Crippen MR) is 103 cm³/mol. The van der Waals surface area contributed by atoms with E-state index in [0.29, 0.717) is 25.2 Å². The molecule has 27 heavy (non-hydrogen) atoms. The van der Waals surface area contributed by atoms with E-state index in [1.165, 1.54) is 6.33 Å². The Morgan fingerprint density at radius 2 is 2.04 bits per heavy atom. The van der Waals surface area contributed by atoms with Gasteiger partial charge in [0.15, 0.2) is 0 Å². The Morgan fingerprint density at radius 3 is 2.78 bits per heavy atom. The number of nitrogens with zero attached hydrogens (tertiary/aromatic N) is 5. The number of methoxy groups -OCH3 is 1. The van der Waals surface area contributed by atoms with E-state index < -0.39 is 0 Å². The number of ether oxygens (including phenoxy) is 1. The lowest BCUT2D eigenvalue weighted by molar-refractivity contribution is -0.130. The van der Waals surface area contributed by atoms with Crippen molar-refractivity contribution in [1.29, 1.82) is 0 Å². The molecule has 0 unspecified atom stereocenters. The number of hydrogen-bond donors (Lipinski definition) is 0. The molecule has 7 nitrogen and oxygen atoms in total. The Hall–Kier alpha value is -2.96. The van der Waals surface area contributed by atoms with Crippen molar-refractivity contribution >= 4 is 11.7 Å². The lowest BCUT2D eigenvalue weighted by atomic mass is 10.1. The molecular weight excluding hydrogens is 342 g/mol. The summed E-state index contributed by atoms with van der Waals surface area (Å²) in [6, 6.07) is 6.00. The Morgan fingerprint density at radius 1 is 1.26 bits per heavy atom. The van der Waals surface area contributed by atoms with Gasteiger partial charge in [-0.3, -0.25) is 4.79 Å². The summed E-state index contributed by atoms with van der Waals surface area (Å²) in [6.07, 6.45) is 2.52. The van der Waals surface area contributed by atoms with Gasteiger partial charge in [0.2, 0.25) is 5.91 Å². The molecule has 1 aromatic carbocycles. The molecule has 2 heterocycles. The zero-order valence-electron chi connectivity index (χ0n) is 16.5. The van der Waals surface area contributed by atoms with E-state index in [-0.39, 0.29) is 5.91 Å². The Balaban J connectivity index is 1.70. The molecule has 3 aromatic rings. The third-order valence-electron chi connectivity index (χ3n) is 4.85. The minimum Gasteiger partial charge on any atom is -0.496 e. The van der Waals surface area contributed by atoms with Crippen LogP contribution in [0, 0.1) is 20.8 Å². The van der Waals surface area contributed by atoms with Crippen molar-refractivity contribution in [2.45, 2.75) is 40.2 Å². The molecule has 0 aliphatic rings. The van der Waals surface area contributed by atoms with Crippen LogP contribution in [0.3, 0.4) is 0 Å². The summed E-state index contributed by atoms with van der Waals surface area (Å²) in [5.74, 6) is 1.47. The Labute approximate surface area is 159 Å². The number of aromatic nitrogens is 4. The van der Waals surface area contributed by atoms with Gasteiger partial charge in [-0.25, -0.2) is 9.50 Å². The fraction of sp³-hybridized carbons (Fsp3) is 0.400. The molecule has 0 aliphatic heterocycles. The van der Waals surface area contributed by atoms with Crippen molar-refractivity contribution in [2.75, 3.05) is 14.2 Å². The van der Waals surface area contributed by atoms with Gasteiger partial charge in [0.05, 0.1) is 7.11 Å². The second-order valence-electron chi connectivity index (χ2n) is 6.80. The molecule has 7 heteroatoms. The minimum absolute atomic E-state index is 0.0797. The monoisotopic (exact) mass is 367 g/mol. The van der Waals surface area contributed by atoms with Crippen LogP contribution in [0.15, 0.2) is 24.5 Å². The first-order chi connectivity index (χ1) is 12.9. The fourth-order valence-electron chi connectivity index (χ4n) is 3.31. The first kappa shape index (κ1) is 18.8. The van der Waals surface area contributed by atoms with Gasteiger partial charge in [-0.2, -0.15) is 10.1 Å². The normalized spacial score (nSPS) is 11.0. The van der Waals surface area contributed by atoms with E-state index >= 15 is 0 Å². The highest BCUT2D eigenvalue weighted by Gasteiger charge is 2.16. The summed E-state index contributed by atoms with van der Waals surface area (Å²) in [6.45, 7) is 6.48. The average Bonchev–Trinajstić information content (AvgIpc) is 3.10. The molecule has 0 bridgehead atoms. The fourth-order valence-corrected chi connectivity index (χ4v) is 3.31. The zero-order chi connectivity index (χ0) is 19.6. The third kappa shape index (κ3) is 3.92. The van der Waals surface area contributed by atoms with Gasteiger partial charge in [-0.15, -0.1) is 0 Å². The van der Waals surface area contributed by atoms with Crippen LogP contribution in [0.25, 0.3) is 5.78 Å². The number of rotatable bonds is 6. The van der Waals surface area contributed by atoms with Crippen LogP contribution in [-0.2, 0) is 17.8 Å². The summed E-state index contributed by atoms with van der Waals surface area (Å²) in [7, 11) is 3.47. The van der Waals surface area contributed by atoms with Gasteiger partial charge in [0.1, 0.15) is 12.1 Å². The number of benzene rings is 1. The van der Waals surface area contributed by atoms with E-state index in [4.69, 9.17) is 4.74 Å². The highest BCUT2D eigenvalue weighted by Crippen LogP contribution is 2.22. The van der Waals surface area contributed by atoms with Crippen molar-refractivity contribution < 1.29 is 9.53 Å². The molecule has 0 fully saturated rings. The molecule has 0 saturated carbocycles. The van der Waals surface area contributed by atoms with Gasteiger partial charge in [0, 0.05) is 37.0 Å². The van der Waals surface area contributed by atoms with E-state index in [2.05, 4.69) is 21.1 Å². The van der Waals surface area contributed by atoms with Crippen molar-refractivity contribution in [3.63, 3.8) is 0 Å². The molecule has 0 saturated heterocycles. The zero-order valence-corrected chi connectivity index (χ0v) is 16.5. The van der Waals surface area contributed by atoms with Crippen molar-refractivity contribution in [3.05, 3.63) is 52.6 Å². The van der Waals surface area contributed by atoms with Crippen molar-refractivity contribution in [2.24, 2.45) is 0 Å². The largest absolute Gasteiger partial charge is 0.496 e. The molecule has 0 spiro atoms.